The number of nitrogens with zero attached hydrogens (tertiary/aromatic N) is 2. The minimum atomic E-state index is -0.269. The Kier molecular flexibility index (Phi) is 4.57. The van der Waals surface area contributed by atoms with Crippen LogP contribution in [0.4, 0.5) is 5.69 Å². The van der Waals surface area contributed by atoms with Crippen LogP contribution in [0.25, 0.3) is 10.8 Å². The molecule has 0 bridgehead atoms. The van der Waals surface area contributed by atoms with Crippen LogP contribution in [-0.4, -0.2) is 29.8 Å². The molecule has 2 heterocycles. The number of benzene rings is 1. The highest BCUT2D eigenvalue weighted by atomic mass is 32.1. The van der Waals surface area contributed by atoms with Gasteiger partial charge in [0.1, 0.15) is 16.4 Å². The highest BCUT2D eigenvalue weighted by Gasteiger charge is 2.29. The number of thiophene rings is 1. The van der Waals surface area contributed by atoms with E-state index in [0.717, 1.165) is 23.5 Å². The number of carbonyl (C=O) groups excluding carboxylic acids is 1. The van der Waals surface area contributed by atoms with Gasteiger partial charge in [-0.15, -0.1) is 11.3 Å². The van der Waals surface area contributed by atoms with Gasteiger partial charge in [0.25, 0.3) is 11.8 Å². The van der Waals surface area contributed by atoms with Gasteiger partial charge >= 0.3 is 0 Å². The summed E-state index contributed by atoms with van der Waals surface area (Å²) < 4.78 is 16.0. The van der Waals surface area contributed by atoms with Crippen molar-refractivity contribution in [3.05, 3.63) is 41.5 Å². The monoisotopic (exact) mass is 371 g/mol. The van der Waals surface area contributed by atoms with Crippen molar-refractivity contribution in [1.29, 1.82) is 0 Å². The van der Waals surface area contributed by atoms with E-state index in [2.05, 4.69) is 15.5 Å². The quantitative estimate of drug-likeness (QED) is 0.681. The fraction of sp³-hybridized carbons (Fsp3) is 0.278. The molecule has 4 rings (SSSR count). The molecule has 0 radical (unpaired) electrons. The lowest BCUT2D eigenvalue weighted by Crippen LogP contribution is -2.20. The Morgan fingerprint density at radius 2 is 2.19 bits per heavy atom. The van der Waals surface area contributed by atoms with E-state index >= 15 is 0 Å². The fourth-order valence-electron chi connectivity index (χ4n) is 2.43. The van der Waals surface area contributed by atoms with Gasteiger partial charge < -0.3 is 19.3 Å². The van der Waals surface area contributed by atoms with Crippen molar-refractivity contribution in [1.82, 2.24) is 10.1 Å². The normalized spacial score (nSPS) is 13.4. The topological polar surface area (TPSA) is 86.5 Å². The summed E-state index contributed by atoms with van der Waals surface area (Å²) in [5, 5.41) is 8.72. The highest BCUT2D eigenvalue weighted by molar-refractivity contribution is 7.14. The third-order valence-corrected chi connectivity index (χ3v) is 4.83. The number of ether oxygens (including phenoxy) is 2. The molecule has 1 aromatic carbocycles. The number of anilines is 1. The first-order chi connectivity index (χ1) is 12.7. The van der Waals surface area contributed by atoms with Crippen LogP contribution >= 0.6 is 11.3 Å². The van der Waals surface area contributed by atoms with Gasteiger partial charge in [-0.25, -0.2) is 0 Å². The summed E-state index contributed by atoms with van der Waals surface area (Å²) in [5.74, 6) is 2.57. The molecular formula is C18H17N3O4S. The molecule has 1 fully saturated rings. The number of hydrogen-bond acceptors (Lipinski definition) is 7. The predicted octanol–water partition coefficient (Wildman–Crippen LogP) is 3.70. The summed E-state index contributed by atoms with van der Waals surface area (Å²) in [6, 6.07) is 8.91. The maximum absolute atomic E-state index is 12.2. The maximum Gasteiger partial charge on any atom is 0.270 e. The van der Waals surface area contributed by atoms with Gasteiger partial charge in [0, 0.05) is 12.0 Å². The zero-order valence-corrected chi connectivity index (χ0v) is 14.9. The van der Waals surface area contributed by atoms with Gasteiger partial charge in [-0.1, -0.05) is 11.2 Å². The summed E-state index contributed by atoms with van der Waals surface area (Å²) in [4.78, 5) is 17.4. The Morgan fingerprint density at radius 1 is 1.35 bits per heavy atom. The number of methoxy groups -OCH3 is 1. The molecular weight excluding hydrogens is 354 g/mol. The van der Waals surface area contributed by atoms with Crippen LogP contribution in [0.15, 0.2) is 40.2 Å². The molecule has 0 saturated heterocycles. The molecule has 1 aliphatic carbocycles. The van der Waals surface area contributed by atoms with Crippen molar-refractivity contribution in [3.63, 3.8) is 0 Å². The van der Waals surface area contributed by atoms with E-state index in [-0.39, 0.29) is 12.5 Å². The lowest BCUT2D eigenvalue weighted by Gasteiger charge is -2.08. The Bertz CT molecular complexity index is 917. The molecule has 7 nitrogen and oxygen atoms in total. The summed E-state index contributed by atoms with van der Waals surface area (Å²) >= 11 is 1.44. The van der Waals surface area contributed by atoms with E-state index in [1.165, 1.54) is 11.3 Å². The molecule has 1 N–H and O–H groups in total. The zero-order chi connectivity index (χ0) is 17.9. The third-order valence-electron chi connectivity index (χ3n) is 3.93. The van der Waals surface area contributed by atoms with Crippen LogP contribution < -0.4 is 14.8 Å². The van der Waals surface area contributed by atoms with Crippen molar-refractivity contribution in [2.45, 2.75) is 18.8 Å². The second kappa shape index (κ2) is 7.17. The van der Waals surface area contributed by atoms with E-state index in [1.807, 2.05) is 17.5 Å². The number of nitrogens with one attached hydrogen (secondary N) is 1. The Hall–Kier alpha value is -2.87. The van der Waals surface area contributed by atoms with E-state index < -0.39 is 0 Å². The number of rotatable bonds is 7. The van der Waals surface area contributed by atoms with Crippen LogP contribution in [-0.2, 0) is 4.79 Å². The molecule has 0 atom stereocenters. The van der Waals surface area contributed by atoms with Crippen LogP contribution in [0.1, 0.15) is 24.6 Å². The molecule has 0 spiro atoms. The second-order valence-electron chi connectivity index (χ2n) is 5.91. The number of aromatic nitrogens is 2. The predicted molar refractivity (Wildman–Crippen MR) is 96.7 cm³/mol. The largest absolute Gasteiger partial charge is 0.497 e. The standard InChI is InChI=1S/C18H17N3O4S/c1-23-12-3-2-4-13(9-12)24-10-15(22)19-14-7-8-26-16(14)18-20-17(21-25-18)11-5-6-11/h2-4,7-9,11H,5-6,10H2,1H3,(H,19,22). The van der Waals surface area contributed by atoms with Crippen molar-refractivity contribution < 1.29 is 18.8 Å². The lowest BCUT2D eigenvalue weighted by atomic mass is 10.3. The maximum atomic E-state index is 12.2. The van der Waals surface area contributed by atoms with Crippen LogP contribution in [0.3, 0.4) is 0 Å². The van der Waals surface area contributed by atoms with Gasteiger partial charge in [-0.2, -0.15) is 4.98 Å². The summed E-state index contributed by atoms with van der Waals surface area (Å²) in [6.07, 6.45) is 2.21. The first-order valence-corrected chi connectivity index (χ1v) is 9.09. The van der Waals surface area contributed by atoms with Gasteiger partial charge in [-0.3, -0.25) is 4.79 Å². The first-order valence-electron chi connectivity index (χ1n) is 8.21. The average Bonchev–Trinajstić information content (AvgIpc) is 3.22. The minimum absolute atomic E-state index is 0.111. The zero-order valence-electron chi connectivity index (χ0n) is 14.1. The number of amides is 1. The molecule has 26 heavy (non-hydrogen) atoms. The molecule has 1 amide bonds. The smallest absolute Gasteiger partial charge is 0.270 e. The van der Waals surface area contributed by atoms with E-state index in [0.29, 0.717) is 29.0 Å². The van der Waals surface area contributed by atoms with Gasteiger partial charge in [0.05, 0.1) is 12.8 Å². The third kappa shape index (κ3) is 3.70. The highest BCUT2D eigenvalue weighted by Crippen LogP contribution is 2.40. The summed E-state index contributed by atoms with van der Waals surface area (Å²) in [5.41, 5.74) is 0.639. The average molecular weight is 371 g/mol. The first kappa shape index (κ1) is 16.6. The lowest BCUT2D eigenvalue weighted by molar-refractivity contribution is -0.118. The van der Waals surface area contributed by atoms with Crippen LogP contribution in [0.2, 0.25) is 0 Å². The molecule has 2 aromatic heterocycles. The van der Waals surface area contributed by atoms with E-state index in [4.69, 9.17) is 14.0 Å². The molecule has 1 saturated carbocycles. The van der Waals surface area contributed by atoms with Crippen molar-refractivity contribution in [2.24, 2.45) is 0 Å². The second-order valence-corrected chi connectivity index (χ2v) is 6.83. The number of carbonyl (C=O) groups is 1. The molecule has 1 aliphatic rings. The number of hydrogen-bond donors (Lipinski definition) is 1. The molecule has 0 unspecified atom stereocenters. The molecule has 134 valence electrons. The SMILES string of the molecule is COc1cccc(OCC(=O)Nc2ccsc2-c2nc(C3CC3)no2)c1. The van der Waals surface area contributed by atoms with E-state index in [9.17, 15) is 4.79 Å². The van der Waals surface area contributed by atoms with Crippen molar-refractivity contribution in [2.75, 3.05) is 19.0 Å². The molecule has 8 heteroatoms. The van der Waals surface area contributed by atoms with Crippen molar-refractivity contribution in [3.8, 4) is 22.3 Å². The van der Waals surface area contributed by atoms with Crippen molar-refractivity contribution >= 4 is 22.9 Å². The Labute approximate surface area is 153 Å². The molecule has 0 aliphatic heterocycles. The van der Waals surface area contributed by atoms with Gasteiger partial charge in [-0.05, 0) is 36.4 Å². The fourth-order valence-corrected chi connectivity index (χ4v) is 3.20. The van der Waals surface area contributed by atoms with Crippen LogP contribution in [0, 0.1) is 0 Å². The molecule has 3 aromatic rings. The Morgan fingerprint density at radius 3 is 3.00 bits per heavy atom. The summed E-state index contributed by atoms with van der Waals surface area (Å²) in [7, 11) is 1.58. The van der Waals surface area contributed by atoms with Gasteiger partial charge in [0.15, 0.2) is 12.4 Å². The van der Waals surface area contributed by atoms with Gasteiger partial charge in [0.2, 0.25) is 0 Å². The van der Waals surface area contributed by atoms with E-state index in [1.54, 1.807) is 25.3 Å². The minimum Gasteiger partial charge on any atom is -0.497 e. The Balaban J connectivity index is 1.39. The van der Waals surface area contributed by atoms with Crippen LogP contribution in [0.5, 0.6) is 11.5 Å². The summed E-state index contributed by atoms with van der Waals surface area (Å²) in [6.45, 7) is -0.111.